The van der Waals surface area contributed by atoms with Crippen molar-refractivity contribution < 1.29 is 4.79 Å². The Bertz CT molecular complexity index is 281. The van der Waals surface area contributed by atoms with Crippen LogP contribution in [0.2, 0.25) is 0 Å². The van der Waals surface area contributed by atoms with E-state index in [4.69, 9.17) is 0 Å². The molecule has 1 aromatic rings. The lowest BCUT2D eigenvalue weighted by atomic mass is 10.2. The first-order valence-corrected chi connectivity index (χ1v) is 3.23. The first-order valence-electron chi connectivity index (χ1n) is 3.23. The third-order valence-corrected chi connectivity index (χ3v) is 1.30. The average molecular weight is 148 g/mol. The molecule has 0 unspecified atom stereocenters. The van der Waals surface area contributed by atoms with Crippen LogP contribution in [0.15, 0.2) is 18.6 Å². The van der Waals surface area contributed by atoms with Crippen molar-refractivity contribution in [3.05, 3.63) is 29.9 Å². The largest absolute Gasteiger partial charge is 0.299 e. The maximum Gasteiger partial charge on any atom is 0.142 e. The topological polar surface area (TPSA) is 42.9 Å². The SMILES string of the molecule is Cc1ncncc1/C=C/C=O. The van der Waals surface area contributed by atoms with Crippen LogP contribution in [0.5, 0.6) is 0 Å². The van der Waals surface area contributed by atoms with Crippen molar-refractivity contribution in [1.29, 1.82) is 0 Å². The van der Waals surface area contributed by atoms with Gasteiger partial charge in [0.2, 0.25) is 0 Å². The Morgan fingerprint density at radius 3 is 3.00 bits per heavy atom. The van der Waals surface area contributed by atoms with Crippen LogP contribution < -0.4 is 0 Å². The minimum Gasteiger partial charge on any atom is -0.299 e. The molecule has 11 heavy (non-hydrogen) atoms. The van der Waals surface area contributed by atoms with Gasteiger partial charge in [0.25, 0.3) is 0 Å². The van der Waals surface area contributed by atoms with Gasteiger partial charge in [-0.15, -0.1) is 0 Å². The summed E-state index contributed by atoms with van der Waals surface area (Å²) in [7, 11) is 0. The molecule has 0 N–H and O–H groups in total. The molecule has 0 aromatic carbocycles. The first-order chi connectivity index (χ1) is 5.34. The molecule has 0 saturated heterocycles. The Balaban J connectivity index is 2.94. The van der Waals surface area contributed by atoms with Gasteiger partial charge in [-0.25, -0.2) is 9.97 Å². The van der Waals surface area contributed by atoms with Crippen molar-refractivity contribution in [1.82, 2.24) is 9.97 Å². The van der Waals surface area contributed by atoms with Crippen molar-refractivity contribution in [3.8, 4) is 0 Å². The highest BCUT2D eigenvalue weighted by Gasteiger charge is 1.91. The number of aldehydes is 1. The molecule has 0 saturated carbocycles. The third kappa shape index (κ3) is 1.97. The van der Waals surface area contributed by atoms with Crippen LogP contribution >= 0.6 is 0 Å². The molecule has 0 fully saturated rings. The van der Waals surface area contributed by atoms with E-state index in [0.29, 0.717) is 0 Å². The van der Waals surface area contributed by atoms with Crippen LogP contribution in [0, 0.1) is 6.92 Å². The number of aromatic nitrogens is 2. The number of hydrogen-bond donors (Lipinski definition) is 0. The summed E-state index contributed by atoms with van der Waals surface area (Å²) >= 11 is 0. The Hall–Kier alpha value is -1.51. The van der Waals surface area contributed by atoms with E-state index >= 15 is 0 Å². The van der Waals surface area contributed by atoms with Crippen LogP contribution in [-0.2, 0) is 4.79 Å². The predicted octanol–water partition coefficient (Wildman–Crippen LogP) is 0.997. The normalized spacial score (nSPS) is 10.3. The number of hydrogen-bond acceptors (Lipinski definition) is 3. The summed E-state index contributed by atoms with van der Waals surface area (Å²) in [6.07, 6.45) is 6.98. The lowest BCUT2D eigenvalue weighted by molar-refractivity contribution is -0.104. The maximum absolute atomic E-state index is 9.96. The lowest BCUT2D eigenvalue weighted by Gasteiger charge is -1.94. The second-order valence-electron chi connectivity index (χ2n) is 2.06. The zero-order valence-corrected chi connectivity index (χ0v) is 6.19. The van der Waals surface area contributed by atoms with Crippen molar-refractivity contribution in [2.75, 3.05) is 0 Å². The minimum atomic E-state index is 0.729. The first kappa shape index (κ1) is 7.60. The fourth-order valence-electron chi connectivity index (χ4n) is 0.708. The van der Waals surface area contributed by atoms with Gasteiger partial charge >= 0.3 is 0 Å². The molecule has 3 heteroatoms. The van der Waals surface area contributed by atoms with Crippen LogP contribution in [-0.4, -0.2) is 16.3 Å². The van der Waals surface area contributed by atoms with Crippen molar-refractivity contribution in [3.63, 3.8) is 0 Å². The highest BCUT2D eigenvalue weighted by atomic mass is 16.1. The zero-order chi connectivity index (χ0) is 8.10. The van der Waals surface area contributed by atoms with Gasteiger partial charge in [-0.05, 0) is 19.1 Å². The Morgan fingerprint density at radius 2 is 2.36 bits per heavy atom. The summed E-state index contributed by atoms with van der Waals surface area (Å²) in [6.45, 7) is 1.87. The van der Waals surface area contributed by atoms with Gasteiger partial charge in [0, 0.05) is 17.5 Å². The summed E-state index contributed by atoms with van der Waals surface area (Å²) < 4.78 is 0. The van der Waals surface area contributed by atoms with Crippen molar-refractivity contribution in [2.24, 2.45) is 0 Å². The molecular weight excluding hydrogens is 140 g/mol. The molecule has 0 aliphatic heterocycles. The van der Waals surface area contributed by atoms with E-state index in [-0.39, 0.29) is 0 Å². The van der Waals surface area contributed by atoms with E-state index in [2.05, 4.69) is 9.97 Å². The standard InChI is InChI=1S/C8H8N2O/c1-7-8(3-2-4-11)5-9-6-10-7/h2-6H,1H3/b3-2+. The molecule has 0 atom stereocenters. The van der Waals surface area contributed by atoms with E-state index < -0.39 is 0 Å². The summed E-state index contributed by atoms with van der Waals surface area (Å²) in [5.41, 5.74) is 1.75. The van der Waals surface area contributed by atoms with Gasteiger partial charge in [-0.3, -0.25) is 4.79 Å². The van der Waals surface area contributed by atoms with Gasteiger partial charge in [-0.2, -0.15) is 0 Å². The number of carbonyl (C=O) groups excluding carboxylic acids is 1. The molecule has 1 aromatic heterocycles. The van der Waals surface area contributed by atoms with E-state index in [9.17, 15) is 4.79 Å². The van der Waals surface area contributed by atoms with Gasteiger partial charge in [0.05, 0.1) is 0 Å². The van der Waals surface area contributed by atoms with Gasteiger partial charge in [0.1, 0.15) is 12.6 Å². The Kier molecular flexibility index (Phi) is 2.49. The fraction of sp³-hybridized carbons (Fsp3) is 0.125. The molecular formula is C8H8N2O. The summed E-state index contributed by atoms with van der Waals surface area (Å²) in [4.78, 5) is 17.7. The molecule has 0 amide bonds. The Morgan fingerprint density at radius 1 is 1.55 bits per heavy atom. The number of rotatable bonds is 2. The van der Waals surface area contributed by atoms with Gasteiger partial charge in [-0.1, -0.05) is 0 Å². The highest BCUT2D eigenvalue weighted by molar-refractivity contribution is 5.73. The summed E-state index contributed by atoms with van der Waals surface area (Å²) in [5.74, 6) is 0. The molecule has 0 aliphatic rings. The third-order valence-electron chi connectivity index (χ3n) is 1.30. The van der Waals surface area contributed by atoms with Crippen LogP contribution in [0.4, 0.5) is 0 Å². The molecule has 1 rings (SSSR count). The smallest absolute Gasteiger partial charge is 0.142 e. The summed E-state index contributed by atoms with van der Waals surface area (Å²) in [6, 6.07) is 0. The van der Waals surface area contributed by atoms with E-state index in [1.807, 2.05) is 6.92 Å². The maximum atomic E-state index is 9.96. The van der Waals surface area contributed by atoms with Crippen molar-refractivity contribution in [2.45, 2.75) is 6.92 Å². The van der Waals surface area contributed by atoms with Crippen LogP contribution in [0.3, 0.4) is 0 Å². The molecule has 1 heterocycles. The molecule has 0 spiro atoms. The van der Waals surface area contributed by atoms with Gasteiger partial charge < -0.3 is 0 Å². The van der Waals surface area contributed by atoms with E-state index in [0.717, 1.165) is 17.5 Å². The summed E-state index contributed by atoms with van der Waals surface area (Å²) in [5, 5.41) is 0. The van der Waals surface area contributed by atoms with Gasteiger partial charge in [0.15, 0.2) is 0 Å². The second kappa shape index (κ2) is 3.61. The predicted molar refractivity (Wildman–Crippen MR) is 41.9 cm³/mol. The highest BCUT2D eigenvalue weighted by Crippen LogP contribution is 2.02. The molecule has 56 valence electrons. The molecule has 3 nitrogen and oxygen atoms in total. The number of nitrogens with zero attached hydrogens (tertiary/aromatic N) is 2. The van der Waals surface area contributed by atoms with Crippen LogP contribution in [0.1, 0.15) is 11.3 Å². The molecule has 0 aliphatic carbocycles. The number of carbonyl (C=O) groups is 1. The number of aryl methyl sites for hydroxylation is 1. The quantitative estimate of drug-likeness (QED) is 0.464. The minimum absolute atomic E-state index is 0.729. The monoisotopic (exact) mass is 148 g/mol. The average Bonchev–Trinajstić information content (AvgIpc) is 2.03. The lowest BCUT2D eigenvalue weighted by Crippen LogP contribution is -1.86. The van der Waals surface area contributed by atoms with Crippen molar-refractivity contribution >= 4 is 12.4 Å². The number of allylic oxidation sites excluding steroid dienone is 1. The fourth-order valence-corrected chi connectivity index (χ4v) is 0.708. The second-order valence-corrected chi connectivity index (χ2v) is 2.06. The molecule has 0 radical (unpaired) electrons. The van der Waals surface area contributed by atoms with E-state index in [1.54, 1.807) is 12.3 Å². The van der Waals surface area contributed by atoms with Crippen LogP contribution in [0.25, 0.3) is 6.08 Å². The van der Waals surface area contributed by atoms with E-state index in [1.165, 1.54) is 12.4 Å². The zero-order valence-electron chi connectivity index (χ0n) is 6.19. The molecule has 0 bridgehead atoms. The Labute approximate surface area is 64.8 Å².